The summed E-state index contributed by atoms with van der Waals surface area (Å²) in [5.74, 6) is 0. The summed E-state index contributed by atoms with van der Waals surface area (Å²) in [4.78, 5) is 1.29. The molecule has 0 saturated heterocycles. The van der Waals surface area contributed by atoms with Crippen molar-refractivity contribution in [3.8, 4) is 0 Å². The molecular formula is C13H13BrClNS. The monoisotopic (exact) mass is 329 g/mol. The fourth-order valence-corrected chi connectivity index (χ4v) is 3.48. The van der Waals surface area contributed by atoms with Crippen molar-refractivity contribution >= 4 is 38.9 Å². The Labute approximate surface area is 119 Å². The average Bonchev–Trinajstić information content (AvgIpc) is 2.72. The van der Waals surface area contributed by atoms with Crippen LogP contribution in [0.4, 0.5) is 0 Å². The number of hydrogen-bond acceptors (Lipinski definition) is 2. The van der Waals surface area contributed by atoms with Crippen LogP contribution in [0, 0.1) is 0 Å². The third-order valence-electron chi connectivity index (χ3n) is 2.47. The fraction of sp³-hybridized carbons (Fsp3) is 0.231. The molecule has 1 aromatic carbocycles. The Morgan fingerprint density at radius 3 is 2.76 bits per heavy atom. The van der Waals surface area contributed by atoms with Crippen LogP contribution in [-0.4, -0.2) is 6.54 Å². The van der Waals surface area contributed by atoms with Crippen molar-refractivity contribution in [3.63, 3.8) is 0 Å². The Bertz CT molecular complexity index is 498. The minimum atomic E-state index is 0.218. The first-order valence-electron chi connectivity index (χ1n) is 5.44. The van der Waals surface area contributed by atoms with Crippen molar-refractivity contribution in [1.82, 2.24) is 5.32 Å². The summed E-state index contributed by atoms with van der Waals surface area (Å²) in [5, 5.41) is 4.27. The van der Waals surface area contributed by atoms with Crippen molar-refractivity contribution in [1.29, 1.82) is 0 Å². The lowest BCUT2D eigenvalue weighted by atomic mass is 10.1. The summed E-state index contributed by atoms with van der Waals surface area (Å²) in [6, 6.07) is 12.4. The second kappa shape index (κ2) is 6.01. The number of nitrogens with one attached hydrogen (secondary N) is 1. The number of rotatable bonds is 4. The molecule has 0 aliphatic carbocycles. The van der Waals surface area contributed by atoms with E-state index in [1.165, 1.54) is 10.4 Å². The summed E-state index contributed by atoms with van der Waals surface area (Å²) in [6.45, 7) is 3.03. The maximum atomic E-state index is 6.05. The molecule has 1 N–H and O–H groups in total. The van der Waals surface area contributed by atoms with Gasteiger partial charge < -0.3 is 5.32 Å². The van der Waals surface area contributed by atoms with Crippen LogP contribution >= 0.6 is 38.9 Å². The molecule has 1 aromatic heterocycles. The lowest BCUT2D eigenvalue weighted by molar-refractivity contribution is 0.640. The maximum absolute atomic E-state index is 6.05. The number of benzene rings is 1. The van der Waals surface area contributed by atoms with Crippen LogP contribution in [-0.2, 0) is 0 Å². The third-order valence-corrected chi connectivity index (χ3v) is 4.39. The van der Waals surface area contributed by atoms with Crippen molar-refractivity contribution in [3.05, 3.63) is 55.6 Å². The topological polar surface area (TPSA) is 12.0 Å². The van der Waals surface area contributed by atoms with Crippen LogP contribution in [0.5, 0.6) is 0 Å². The zero-order valence-electron chi connectivity index (χ0n) is 9.41. The lowest BCUT2D eigenvalue weighted by Crippen LogP contribution is -2.20. The largest absolute Gasteiger partial charge is 0.306 e. The zero-order valence-corrected chi connectivity index (χ0v) is 12.6. The Hall–Kier alpha value is -0.350. The van der Waals surface area contributed by atoms with E-state index in [1.54, 1.807) is 11.3 Å². The smallest absolute Gasteiger partial charge is 0.0702 e. The van der Waals surface area contributed by atoms with E-state index in [0.717, 1.165) is 15.4 Å². The second-order valence-electron chi connectivity index (χ2n) is 3.69. The molecule has 2 rings (SSSR count). The van der Waals surface area contributed by atoms with Crippen LogP contribution in [0.2, 0.25) is 5.02 Å². The number of thiophene rings is 1. The van der Waals surface area contributed by atoms with Gasteiger partial charge in [-0.05, 0) is 52.3 Å². The highest BCUT2D eigenvalue weighted by Gasteiger charge is 2.14. The molecule has 0 bridgehead atoms. The first-order valence-corrected chi connectivity index (χ1v) is 7.43. The van der Waals surface area contributed by atoms with Crippen molar-refractivity contribution in [2.45, 2.75) is 13.0 Å². The highest BCUT2D eigenvalue weighted by Crippen LogP contribution is 2.32. The summed E-state index contributed by atoms with van der Waals surface area (Å²) >= 11 is 11.3. The highest BCUT2D eigenvalue weighted by molar-refractivity contribution is 9.11. The molecule has 90 valence electrons. The van der Waals surface area contributed by atoms with Gasteiger partial charge in [-0.25, -0.2) is 0 Å². The molecule has 1 heterocycles. The normalized spacial score (nSPS) is 12.6. The van der Waals surface area contributed by atoms with Gasteiger partial charge in [0, 0.05) is 9.90 Å². The molecule has 1 atom stereocenters. The second-order valence-corrected chi connectivity index (χ2v) is 6.62. The van der Waals surface area contributed by atoms with E-state index >= 15 is 0 Å². The first kappa shape index (κ1) is 13.1. The third kappa shape index (κ3) is 3.32. The van der Waals surface area contributed by atoms with Gasteiger partial charge in [0.25, 0.3) is 0 Å². The average molecular weight is 331 g/mol. The minimum absolute atomic E-state index is 0.218. The van der Waals surface area contributed by atoms with Gasteiger partial charge in [0.05, 0.1) is 9.83 Å². The lowest BCUT2D eigenvalue weighted by Gasteiger charge is -2.17. The molecule has 1 nitrogen and oxygen atoms in total. The van der Waals surface area contributed by atoms with Gasteiger partial charge in [0.1, 0.15) is 0 Å². The Morgan fingerprint density at radius 2 is 2.18 bits per heavy atom. The van der Waals surface area contributed by atoms with Gasteiger partial charge in [0.15, 0.2) is 0 Å². The molecule has 4 heteroatoms. The Kier molecular flexibility index (Phi) is 4.62. The quantitative estimate of drug-likeness (QED) is 0.844. The maximum Gasteiger partial charge on any atom is 0.0702 e. The summed E-state index contributed by atoms with van der Waals surface area (Å²) < 4.78 is 1.15. The van der Waals surface area contributed by atoms with Gasteiger partial charge in [0.2, 0.25) is 0 Å². The first-order chi connectivity index (χ1) is 8.20. The number of hydrogen-bond donors (Lipinski definition) is 1. The molecule has 2 aromatic rings. The van der Waals surface area contributed by atoms with Crippen LogP contribution in [0.25, 0.3) is 0 Å². The van der Waals surface area contributed by atoms with E-state index in [9.17, 15) is 0 Å². The fourth-order valence-electron chi connectivity index (χ4n) is 1.76. The summed E-state index contributed by atoms with van der Waals surface area (Å²) in [7, 11) is 0. The van der Waals surface area contributed by atoms with Crippen LogP contribution in [0.1, 0.15) is 23.4 Å². The summed E-state index contributed by atoms with van der Waals surface area (Å²) in [5.41, 5.74) is 1.20. The van der Waals surface area contributed by atoms with Crippen molar-refractivity contribution < 1.29 is 0 Å². The molecule has 0 fully saturated rings. The standard InChI is InChI=1S/C13H13BrClNS/c1-2-16-13(11-6-7-12(14)17-11)9-4-3-5-10(15)8-9/h3-8,13,16H,2H2,1H3. The minimum Gasteiger partial charge on any atom is -0.306 e. The molecule has 1 unspecified atom stereocenters. The van der Waals surface area contributed by atoms with Crippen LogP contribution in [0.15, 0.2) is 40.2 Å². The van der Waals surface area contributed by atoms with Gasteiger partial charge >= 0.3 is 0 Å². The van der Waals surface area contributed by atoms with Crippen molar-refractivity contribution in [2.24, 2.45) is 0 Å². The van der Waals surface area contributed by atoms with Crippen molar-refractivity contribution in [2.75, 3.05) is 6.54 Å². The highest BCUT2D eigenvalue weighted by atomic mass is 79.9. The Balaban J connectivity index is 2.35. The molecular weight excluding hydrogens is 318 g/mol. The van der Waals surface area contributed by atoms with Gasteiger partial charge in [-0.3, -0.25) is 0 Å². The number of halogens is 2. The van der Waals surface area contributed by atoms with E-state index in [0.29, 0.717) is 0 Å². The van der Waals surface area contributed by atoms with Gasteiger partial charge in [-0.2, -0.15) is 0 Å². The Morgan fingerprint density at radius 1 is 1.35 bits per heavy atom. The van der Waals surface area contributed by atoms with Gasteiger partial charge in [-0.1, -0.05) is 30.7 Å². The van der Waals surface area contributed by atoms with Crippen LogP contribution in [0.3, 0.4) is 0 Å². The SMILES string of the molecule is CCNC(c1cccc(Cl)c1)c1ccc(Br)s1. The summed E-state index contributed by atoms with van der Waals surface area (Å²) in [6.07, 6.45) is 0. The molecule has 17 heavy (non-hydrogen) atoms. The molecule has 0 spiro atoms. The van der Waals surface area contributed by atoms with E-state index < -0.39 is 0 Å². The molecule has 0 amide bonds. The van der Waals surface area contributed by atoms with E-state index in [4.69, 9.17) is 11.6 Å². The molecule has 0 saturated carbocycles. The molecule has 0 radical (unpaired) electrons. The van der Waals surface area contributed by atoms with Gasteiger partial charge in [-0.15, -0.1) is 11.3 Å². The molecule has 0 aliphatic heterocycles. The predicted octanol–water partition coefficient (Wildman–Crippen LogP) is 4.86. The predicted molar refractivity (Wildman–Crippen MR) is 79.0 cm³/mol. The van der Waals surface area contributed by atoms with E-state index in [-0.39, 0.29) is 6.04 Å². The molecule has 0 aliphatic rings. The zero-order chi connectivity index (χ0) is 12.3. The van der Waals surface area contributed by atoms with E-state index in [2.05, 4.69) is 46.4 Å². The van der Waals surface area contributed by atoms with E-state index in [1.807, 2.05) is 18.2 Å². The van der Waals surface area contributed by atoms with Crippen LogP contribution < -0.4 is 5.32 Å².